The van der Waals surface area contributed by atoms with Gasteiger partial charge in [-0.1, -0.05) is 53.7 Å². The highest BCUT2D eigenvalue weighted by Crippen LogP contribution is 2.24. The Kier molecular flexibility index (Phi) is 17.5. The molecule has 0 aromatic heterocycles. The van der Waals surface area contributed by atoms with Crippen molar-refractivity contribution in [1.82, 2.24) is 0 Å². The van der Waals surface area contributed by atoms with Crippen molar-refractivity contribution in [2.45, 2.75) is 12.8 Å². The third-order valence-corrected chi connectivity index (χ3v) is 3.53. The predicted molar refractivity (Wildman–Crippen MR) is 112 cm³/mol. The summed E-state index contributed by atoms with van der Waals surface area (Å²) in [6.07, 6.45) is 0.879. The Labute approximate surface area is 159 Å². The van der Waals surface area contributed by atoms with E-state index in [1.54, 1.807) is 0 Å². The van der Waals surface area contributed by atoms with E-state index in [1.807, 2.05) is 71.8 Å². The Morgan fingerprint density at radius 3 is 2.17 bits per heavy atom. The van der Waals surface area contributed by atoms with Crippen molar-refractivity contribution >= 4 is 58.8 Å². The molecule has 2 aromatic rings. The van der Waals surface area contributed by atoms with Gasteiger partial charge in [-0.3, -0.25) is 0 Å². The van der Waals surface area contributed by atoms with Crippen molar-refractivity contribution in [2.75, 3.05) is 6.79 Å². The van der Waals surface area contributed by atoms with E-state index in [0.717, 1.165) is 17.5 Å². The monoisotopic (exact) mass is 430 g/mol. The first-order valence-electron chi connectivity index (χ1n) is 6.49. The molecule has 0 N–H and O–H groups in total. The number of hydrogen-bond donors (Lipinski definition) is 0. The van der Waals surface area contributed by atoms with Gasteiger partial charge in [-0.2, -0.15) is 0 Å². The molecule has 3 atom stereocenters. The zero-order valence-corrected chi connectivity index (χ0v) is 18.0. The maximum atomic E-state index is 5.75. The highest BCUT2D eigenvalue weighted by atomic mass is 35.7. The van der Waals surface area contributed by atoms with Gasteiger partial charge in [-0.15, -0.1) is 22.5 Å². The topological polar surface area (TPSA) is 18.5 Å². The quantitative estimate of drug-likeness (QED) is 0.279. The largest absolute Gasteiger partial charge is 0.468 e. The van der Waals surface area contributed by atoms with Gasteiger partial charge in [-0.05, 0) is 48.4 Å². The van der Waals surface area contributed by atoms with Crippen LogP contribution in [-0.2, 0) is 17.5 Å². The SMILES string of the molecule is ClPCc1cccc(OCOCc2ccccc2)c1.PCl.PCl. The summed E-state index contributed by atoms with van der Waals surface area (Å²) >= 11 is 14.9. The molecule has 2 aromatic carbocycles. The van der Waals surface area contributed by atoms with Crippen molar-refractivity contribution < 1.29 is 9.47 Å². The molecule has 0 saturated carbocycles. The van der Waals surface area contributed by atoms with Crippen LogP contribution >= 0.6 is 58.8 Å². The molecule has 0 radical (unpaired) electrons. The Hall–Kier alpha value is 0.360. The summed E-state index contributed by atoms with van der Waals surface area (Å²) in [6, 6.07) is 18.0. The van der Waals surface area contributed by atoms with E-state index in [1.165, 1.54) is 5.56 Å². The van der Waals surface area contributed by atoms with Crippen molar-refractivity contribution in [3.8, 4) is 5.75 Å². The molecular formula is C15H20Cl3O2P3. The van der Waals surface area contributed by atoms with Crippen LogP contribution in [0, 0.1) is 0 Å². The summed E-state index contributed by atoms with van der Waals surface area (Å²) in [5, 5.41) is 0. The minimum absolute atomic E-state index is 0.251. The van der Waals surface area contributed by atoms with Crippen LogP contribution in [0.1, 0.15) is 11.1 Å². The Morgan fingerprint density at radius 2 is 1.52 bits per heavy atom. The van der Waals surface area contributed by atoms with Crippen LogP contribution in [0.2, 0.25) is 0 Å². The molecule has 0 aliphatic heterocycles. The minimum Gasteiger partial charge on any atom is -0.468 e. The lowest BCUT2D eigenvalue weighted by atomic mass is 10.2. The van der Waals surface area contributed by atoms with Crippen LogP contribution in [0.3, 0.4) is 0 Å². The van der Waals surface area contributed by atoms with Gasteiger partial charge in [0.1, 0.15) is 5.75 Å². The van der Waals surface area contributed by atoms with Crippen LogP contribution in [0.5, 0.6) is 5.75 Å². The van der Waals surface area contributed by atoms with Crippen molar-refractivity contribution in [3.63, 3.8) is 0 Å². The molecule has 0 bridgehead atoms. The molecule has 23 heavy (non-hydrogen) atoms. The molecular weight excluding hydrogens is 411 g/mol. The first-order valence-corrected chi connectivity index (χ1v) is 12.2. The van der Waals surface area contributed by atoms with E-state index in [0.29, 0.717) is 14.5 Å². The minimum atomic E-state index is 0.251. The fourth-order valence-electron chi connectivity index (χ4n) is 1.67. The summed E-state index contributed by atoms with van der Waals surface area (Å²) in [4.78, 5) is 0. The number of ether oxygens (including phenoxy) is 2. The van der Waals surface area contributed by atoms with Gasteiger partial charge in [-0.25, -0.2) is 0 Å². The Morgan fingerprint density at radius 1 is 0.870 bits per heavy atom. The molecule has 0 aliphatic carbocycles. The zero-order valence-electron chi connectivity index (χ0n) is 12.4. The molecule has 128 valence electrons. The molecule has 3 unspecified atom stereocenters. The predicted octanol–water partition coefficient (Wildman–Crippen LogP) is 6.60. The summed E-state index contributed by atoms with van der Waals surface area (Å²) in [6.45, 7) is 0.811. The van der Waals surface area contributed by atoms with Crippen molar-refractivity contribution in [2.24, 2.45) is 0 Å². The average molecular weight is 432 g/mol. The van der Waals surface area contributed by atoms with Crippen LogP contribution in [0.15, 0.2) is 54.6 Å². The molecule has 0 heterocycles. The maximum Gasteiger partial charge on any atom is 0.189 e. The van der Waals surface area contributed by atoms with Gasteiger partial charge in [0.2, 0.25) is 0 Å². The van der Waals surface area contributed by atoms with E-state index >= 15 is 0 Å². The first kappa shape index (κ1) is 23.4. The summed E-state index contributed by atoms with van der Waals surface area (Å²) in [7, 11) is 4.18. The molecule has 8 heteroatoms. The van der Waals surface area contributed by atoms with Gasteiger partial charge in [0, 0.05) is 6.16 Å². The van der Waals surface area contributed by atoms with E-state index in [9.17, 15) is 0 Å². The molecule has 0 amide bonds. The lowest BCUT2D eigenvalue weighted by molar-refractivity contribution is 0.00502. The van der Waals surface area contributed by atoms with Crippen molar-refractivity contribution in [3.05, 3.63) is 65.7 Å². The van der Waals surface area contributed by atoms with Gasteiger partial charge >= 0.3 is 0 Å². The number of hydrogen-bond acceptors (Lipinski definition) is 2. The fourth-order valence-corrected chi connectivity index (χ4v) is 2.50. The highest BCUT2D eigenvalue weighted by Gasteiger charge is 1.97. The third-order valence-electron chi connectivity index (χ3n) is 2.59. The molecule has 0 aliphatic rings. The molecule has 2 rings (SSSR count). The second-order valence-corrected chi connectivity index (χ2v) is 5.48. The molecule has 0 fully saturated rings. The Balaban J connectivity index is 0.00000112. The van der Waals surface area contributed by atoms with E-state index in [2.05, 4.69) is 22.5 Å². The van der Waals surface area contributed by atoms with Crippen LogP contribution in [-0.4, -0.2) is 6.79 Å². The van der Waals surface area contributed by atoms with Crippen molar-refractivity contribution in [1.29, 1.82) is 0 Å². The van der Waals surface area contributed by atoms with Gasteiger partial charge in [0.05, 0.1) is 6.61 Å². The van der Waals surface area contributed by atoms with Gasteiger partial charge in [0.15, 0.2) is 6.79 Å². The Bertz CT molecular complexity index is 504. The van der Waals surface area contributed by atoms with Gasteiger partial charge in [0.25, 0.3) is 0 Å². The van der Waals surface area contributed by atoms with E-state index in [-0.39, 0.29) is 6.79 Å². The van der Waals surface area contributed by atoms with Gasteiger partial charge < -0.3 is 9.47 Å². The normalized spacial score (nSPS) is 9.61. The highest BCUT2D eigenvalue weighted by molar-refractivity contribution is 7.67. The lowest BCUT2D eigenvalue weighted by Gasteiger charge is -2.08. The lowest BCUT2D eigenvalue weighted by Crippen LogP contribution is -2.03. The maximum absolute atomic E-state index is 5.75. The zero-order chi connectivity index (χ0) is 17.3. The summed E-state index contributed by atoms with van der Waals surface area (Å²) < 4.78 is 11.0. The fraction of sp³-hybridized carbons (Fsp3) is 0.200. The van der Waals surface area contributed by atoms with E-state index in [4.69, 9.17) is 20.7 Å². The summed E-state index contributed by atoms with van der Waals surface area (Å²) in [5.74, 6) is 0.820. The third kappa shape index (κ3) is 11.5. The van der Waals surface area contributed by atoms with Crippen LogP contribution in [0.25, 0.3) is 0 Å². The number of rotatable bonds is 7. The summed E-state index contributed by atoms with van der Waals surface area (Å²) in [5.41, 5.74) is 2.33. The number of benzene rings is 2. The first-order chi connectivity index (χ1) is 11.4. The van der Waals surface area contributed by atoms with E-state index < -0.39 is 0 Å². The molecule has 0 saturated heterocycles. The molecule has 2 nitrogen and oxygen atoms in total. The van der Waals surface area contributed by atoms with Crippen LogP contribution in [0.4, 0.5) is 0 Å². The molecule has 0 spiro atoms. The number of halogens is 3. The smallest absolute Gasteiger partial charge is 0.189 e. The van der Waals surface area contributed by atoms with Crippen LogP contribution < -0.4 is 4.74 Å². The standard InChI is InChI=1S/C15H16ClO2P.2ClH2P/c16-19-11-14-7-4-8-15(9-14)18-12-17-10-13-5-2-1-3-6-13;2*1-2/h1-9,19H,10-12H2;2*2H2. The average Bonchev–Trinajstić information content (AvgIpc) is 2.64. The second-order valence-electron chi connectivity index (χ2n) is 4.05. The second kappa shape index (κ2) is 17.2.